The van der Waals surface area contributed by atoms with Gasteiger partial charge < -0.3 is 15.6 Å². The summed E-state index contributed by atoms with van der Waals surface area (Å²) >= 11 is 5.58. The van der Waals surface area contributed by atoms with E-state index in [2.05, 4.69) is 35.9 Å². The van der Waals surface area contributed by atoms with Gasteiger partial charge in [0.25, 0.3) is 0 Å². The minimum Gasteiger partial charge on any atom is -0.370 e. The van der Waals surface area contributed by atoms with Crippen molar-refractivity contribution in [1.82, 2.24) is 19.9 Å². The molecule has 0 atom stereocenters. The van der Waals surface area contributed by atoms with Crippen molar-refractivity contribution in [3.63, 3.8) is 0 Å². The van der Waals surface area contributed by atoms with Crippen LogP contribution in [0.15, 0.2) is 36.8 Å². The predicted octanol–water partition coefficient (Wildman–Crippen LogP) is 4.87. The second-order valence-electron chi connectivity index (χ2n) is 6.60. The summed E-state index contributed by atoms with van der Waals surface area (Å²) in [7, 11) is 0. The molecule has 0 spiro atoms. The highest BCUT2D eigenvalue weighted by atomic mass is 35.5. The van der Waals surface area contributed by atoms with E-state index in [1.807, 2.05) is 0 Å². The van der Waals surface area contributed by atoms with Crippen LogP contribution in [0.1, 0.15) is 23.4 Å². The van der Waals surface area contributed by atoms with Crippen LogP contribution in [0.5, 0.6) is 0 Å². The van der Waals surface area contributed by atoms with Crippen molar-refractivity contribution in [1.29, 1.82) is 0 Å². The molecule has 0 aliphatic rings. The van der Waals surface area contributed by atoms with Crippen LogP contribution in [0.25, 0.3) is 0 Å². The predicted molar refractivity (Wildman–Crippen MR) is 111 cm³/mol. The van der Waals surface area contributed by atoms with Crippen LogP contribution >= 0.6 is 11.6 Å². The molecule has 2 amide bonds. The molecule has 4 N–H and O–H groups in total. The number of nitrogens with one attached hydrogen (secondary N) is 4. The molecule has 0 radical (unpaired) electrons. The molecule has 164 valence electrons. The number of hydrogen-bond acceptors (Lipinski definition) is 5. The van der Waals surface area contributed by atoms with Gasteiger partial charge in [0.2, 0.25) is 5.95 Å². The third-order valence-corrected chi connectivity index (χ3v) is 4.42. The first-order valence-corrected chi connectivity index (χ1v) is 9.60. The maximum Gasteiger partial charge on any atom is 0.417 e. The lowest BCUT2D eigenvalue weighted by molar-refractivity contribution is -0.137. The molecule has 2 aromatic heterocycles. The average Bonchev–Trinajstić information content (AvgIpc) is 3.19. The van der Waals surface area contributed by atoms with E-state index >= 15 is 0 Å². The molecule has 2 heterocycles. The number of carbonyl (C=O) groups is 1. The molecule has 0 bridgehead atoms. The molecule has 3 aromatic rings. The van der Waals surface area contributed by atoms with E-state index < -0.39 is 22.8 Å². The second kappa shape index (κ2) is 9.65. The number of nitrogens with zero attached hydrogens (tertiary/aromatic N) is 3. The van der Waals surface area contributed by atoms with Crippen molar-refractivity contribution in [2.24, 2.45) is 0 Å². The number of aryl methyl sites for hydroxylation is 2. The van der Waals surface area contributed by atoms with Crippen LogP contribution < -0.4 is 16.0 Å². The number of aromatic nitrogens is 4. The summed E-state index contributed by atoms with van der Waals surface area (Å²) in [6.07, 6.45) is 0.377. The number of halogens is 4. The van der Waals surface area contributed by atoms with Crippen LogP contribution in [0.3, 0.4) is 0 Å². The van der Waals surface area contributed by atoms with Crippen LogP contribution in [0.2, 0.25) is 5.02 Å². The fraction of sp³-hybridized carbons (Fsp3) is 0.263. The van der Waals surface area contributed by atoms with Gasteiger partial charge in [0.15, 0.2) is 0 Å². The van der Waals surface area contributed by atoms with Crippen molar-refractivity contribution in [3.05, 3.63) is 58.8 Å². The zero-order valence-corrected chi connectivity index (χ0v) is 17.1. The Kier molecular flexibility index (Phi) is 6.95. The Hall–Kier alpha value is -3.34. The minimum absolute atomic E-state index is 0.0126. The first kappa shape index (κ1) is 22.3. The summed E-state index contributed by atoms with van der Waals surface area (Å²) in [5.41, 5.74) is 0.516. The highest BCUT2D eigenvalue weighted by Crippen LogP contribution is 2.36. The van der Waals surface area contributed by atoms with Gasteiger partial charge in [0, 0.05) is 35.9 Å². The molecule has 0 saturated heterocycles. The fourth-order valence-corrected chi connectivity index (χ4v) is 2.94. The monoisotopic (exact) mass is 453 g/mol. The van der Waals surface area contributed by atoms with Crippen LogP contribution in [0, 0.1) is 6.92 Å². The summed E-state index contributed by atoms with van der Waals surface area (Å²) in [6, 6.07) is 4.01. The first-order chi connectivity index (χ1) is 14.7. The van der Waals surface area contributed by atoms with Crippen molar-refractivity contribution < 1.29 is 18.0 Å². The Balaban J connectivity index is 1.58. The number of imidazole rings is 1. The lowest BCUT2D eigenvalue weighted by Gasteiger charge is -2.12. The Morgan fingerprint density at radius 1 is 1.19 bits per heavy atom. The number of benzene rings is 1. The van der Waals surface area contributed by atoms with Gasteiger partial charge >= 0.3 is 12.2 Å². The maximum absolute atomic E-state index is 13.0. The molecule has 0 fully saturated rings. The van der Waals surface area contributed by atoms with Gasteiger partial charge in [-0.2, -0.15) is 18.2 Å². The summed E-state index contributed by atoms with van der Waals surface area (Å²) in [6.45, 7) is 2.36. The van der Waals surface area contributed by atoms with Gasteiger partial charge in [0.1, 0.15) is 5.82 Å². The lowest BCUT2D eigenvalue weighted by atomic mass is 10.2. The molecule has 12 heteroatoms. The number of amides is 2. The van der Waals surface area contributed by atoms with Crippen molar-refractivity contribution in [2.45, 2.75) is 25.9 Å². The zero-order chi connectivity index (χ0) is 22.4. The Morgan fingerprint density at radius 3 is 2.71 bits per heavy atom. The largest absolute Gasteiger partial charge is 0.417 e. The molecule has 31 heavy (non-hydrogen) atoms. The average molecular weight is 454 g/mol. The molecule has 1 aromatic carbocycles. The van der Waals surface area contributed by atoms with Gasteiger partial charge in [-0.05, 0) is 38.0 Å². The summed E-state index contributed by atoms with van der Waals surface area (Å²) in [4.78, 5) is 27.5. The normalized spacial score (nSPS) is 11.3. The number of rotatable bonds is 7. The zero-order valence-electron chi connectivity index (χ0n) is 16.3. The molecular formula is C19H19ClF3N7O. The van der Waals surface area contributed by atoms with Gasteiger partial charge in [-0.15, -0.1) is 0 Å². The van der Waals surface area contributed by atoms with Crippen LogP contribution in [-0.2, 0) is 12.6 Å². The molecular weight excluding hydrogens is 435 g/mol. The van der Waals surface area contributed by atoms with Gasteiger partial charge in [0.05, 0.1) is 16.9 Å². The topological polar surface area (TPSA) is 108 Å². The van der Waals surface area contributed by atoms with E-state index in [9.17, 15) is 18.0 Å². The van der Waals surface area contributed by atoms with E-state index in [4.69, 9.17) is 11.6 Å². The molecule has 0 unspecified atom stereocenters. The summed E-state index contributed by atoms with van der Waals surface area (Å²) in [5.74, 6) is 0.525. The SMILES string of the molecule is Cc1cc(NCCCc2cnc[nH]2)nc(NC(=O)Nc2ccc(Cl)c(C(F)(F)F)c2)n1. The van der Waals surface area contributed by atoms with Crippen LogP contribution in [-0.4, -0.2) is 32.5 Å². The van der Waals surface area contributed by atoms with Gasteiger partial charge in [-0.25, -0.2) is 14.8 Å². The van der Waals surface area contributed by atoms with E-state index in [1.54, 1.807) is 25.5 Å². The highest BCUT2D eigenvalue weighted by Gasteiger charge is 2.33. The van der Waals surface area contributed by atoms with Gasteiger partial charge in [-0.1, -0.05) is 11.6 Å². The third-order valence-electron chi connectivity index (χ3n) is 4.09. The number of aromatic amines is 1. The standard InChI is InChI=1S/C19H19ClF3N7O/c1-11-7-16(25-6-2-3-13-9-24-10-26-13)29-17(27-11)30-18(31)28-12-4-5-15(20)14(8-12)19(21,22)23/h4-5,7-10H,2-3,6H2,1H3,(H,24,26)(H3,25,27,28,29,30,31). The van der Waals surface area contributed by atoms with E-state index in [-0.39, 0.29) is 11.6 Å². The van der Waals surface area contributed by atoms with Crippen LogP contribution in [0.4, 0.5) is 35.4 Å². The maximum atomic E-state index is 13.0. The lowest BCUT2D eigenvalue weighted by Crippen LogP contribution is -2.22. The van der Waals surface area contributed by atoms with Crippen molar-refractivity contribution in [3.8, 4) is 0 Å². The van der Waals surface area contributed by atoms with E-state index in [1.165, 1.54) is 6.07 Å². The molecule has 0 aliphatic heterocycles. The molecule has 3 rings (SSSR count). The van der Waals surface area contributed by atoms with Crippen molar-refractivity contribution in [2.75, 3.05) is 22.5 Å². The van der Waals surface area contributed by atoms with Crippen molar-refractivity contribution >= 4 is 35.1 Å². The van der Waals surface area contributed by atoms with E-state index in [0.717, 1.165) is 30.7 Å². The molecule has 8 nitrogen and oxygen atoms in total. The number of alkyl halides is 3. The Morgan fingerprint density at radius 2 is 2.00 bits per heavy atom. The summed E-state index contributed by atoms with van der Waals surface area (Å²) in [5, 5.41) is 7.43. The molecule has 0 saturated carbocycles. The van der Waals surface area contributed by atoms with E-state index in [0.29, 0.717) is 18.1 Å². The smallest absolute Gasteiger partial charge is 0.370 e. The Labute approximate surface area is 180 Å². The number of urea groups is 1. The number of H-pyrrole nitrogens is 1. The first-order valence-electron chi connectivity index (χ1n) is 9.22. The third kappa shape index (κ3) is 6.57. The minimum atomic E-state index is -4.64. The quantitative estimate of drug-likeness (QED) is 0.382. The fourth-order valence-electron chi connectivity index (χ4n) is 2.72. The second-order valence-corrected chi connectivity index (χ2v) is 7.00. The van der Waals surface area contributed by atoms with Gasteiger partial charge in [-0.3, -0.25) is 5.32 Å². The number of carbonyl (C=O) groups excluding carboxylic acids is 1. The number of anilines is 3. The summed E-state index contributed by atoms with van der Waals surface area (Å²) < 4.78 is 38.9. The molecule has 0 aliphatic carbocycles. The number of hydrogen-bond donors (Lipinski definition) is 4. The highest BCUT2D eigenvalue weighted by molar-refractivity contribution is 6.31. The Bertz CT molecular complexity index is 1040.